The van der Waals surface area contributed by atoms with Crippen molar-refractivity contribution in [3.63, 3.8) is 0 Å². The van der Waals surface area contributed by atoms with Gasteiger partial charge in [-0.25, -0.2) is 4.98 Å². The Bertz CT molecular complexity index is 786. The highest BCUT2D eigenvalue weighted by Crippen LogP contribution is 2.60. The van der Waals surface area contributed by atoms with E-state index in [4.69, 9.17) is 0 Å². The van der Waals surface area contributed by atoms with Crippen LogP contribution in [0.15, 0.2) is 34.6 Å². The SMILES string of the molecule is CN=C(NCc1nc(C(C)C)cs1)NCC1C2Cc3ccccc3C12.I. The normalized spacial score (nSPS) is 23.2. The first-order chi connectivity index (χ1) is 12.2. The molecule has 2 aliphatic carbocycles. The number of aromatic nitrogens is 1. The lowest BCUT2D eigenvalue weighted by Crippen LogP contribution is -2.38. The van der Waals surface area contributed by atoms with Gasteiger partial charge in [0.05, 0.1) is 12.2 Å². The second-order valence-corrected chi connectivity index (χ2v) is 8.33. The van der Waals surface area contributed by atoms with Crippen LogP contribution in [0.25, 0.3) is 0 Å². The van der Waals surface area contributed by atoms with Crippen molar-refractivity contribution in [2.45, 2.75) is 38.6 Å². The van der Waals surface area contributed by atoms with Gasteiger partial charge in [-0.1, -0.05) is 38.1 Å². The summed E-state index contributed by atoms with van der Waals surface area (Å²) in [6, 6.07) is 8.92. The number of aliphatic imine (C=N–C) groups is 1. The number of nitrogens with zero attached hydrogens (tertiary/aromatic N) is 2. The monoisotopic (exact) mass is 482 g/mol. The van der Waals surface area contributed by atoms with Crippen molar-refractivity contribution < 1.29 is 0 Å². The molecule has 3 atom stereocenters. The van der Waals surface area contributed by atoms with Gasteiger partial charge in [0.25, 0.3) is 0 Å². The molecule has 26 heavy (non-hydrogen) atoms. The molecule has 1 fully saturated rings. The summed E-state index contributed by atoms with van der Waals surface area (Å²) >= 11 is 1.72. The predicted molar refractivity (Wildman–Crippen MR) is 120 cm³/mol. The molecule has 0 spiro atoms. The third-order valence-corrected chi connectivity index (χ3v) is 6.37. The average molecular weight is 482 g/mol. The number of fused-ring (bicyclic) bond motifs is 3. The molecule has 3 unspecified atom stereocenters. The van der Waals surface area contributed by atoms with Crippen molar-refractivity contribution in [1.82, 2.24) is 15.6 Å². The van der Waals surface area contributed by atoms with E-state index in [0.717, 1.165) is 41.8 Å². The van der Waals surface area contributed by atoms with Gasteiger partial charge >= 0.3 is 0 Å². The minimum Gasteiger partial charge on any atom is -0.356 e. The number of thiazole rings is 1. The van der Waals surface area contributed by atoms with Crippen molar-refractivity contribution in [2.24, 2.45) is 16.8 Å². The number of hydrogen-bond acceptors (Lipinski definition) is 3. The second-order valence-electron chi connectivity index (χ2n) is 7.38. The van der Waals surface area contributed by atoms with E-state index in [0.29, 0.717) is 5.92 Å². The van der Waals surface area contributed by atoms with Gasteiger partial charge in [0.2, 0.25) is 0 Å². The van der Waals surface area contributed by atoms with Crippen LogP contribution in [0.2, 0.25) is 0 Å². The Morgan fingerprint density at radius 1 is 1.31 bits per heavy atom. The zero-order valence-electron chi connectivity index (χ0n) is 15.5. The fourth-order valence-corrected chi connectivity index (χ4v) is 4.92. The van der Waals surface area contributed by atoms with Crippen LogP contribution < -0.4 is 10.6 Å². The van der Waals surface area contributed by atoms with Crippen LogP contribution in [-0.2, 0) is 13.0 Å². The number of nitrogens with one attached hydrogen (secondary N) is 2. The summed E-state index contributed by atoms with van der Waals surface area (Å²) in [5, 5.41) is 10.2. The summed E-state index contributed by atoms with van der Waals surface area (Å²) in [6.07, 6.45) is 1.25. The van der Waals surface area contributed by atoms with E-state index < -0.39 is 0 Å². The molecule has 2 N–H and O–H groups in total. The van der Waals surface area contributed by atoms with Gasteiger partial charge in [-0.2, -0.15) is 0 Å². The molecular weight excluding hydrogens is 455 g/mol. The van der Waals surface area contributed by atoms with Crippen LogP contribution in [-0.4, -0.2) is 24.5 Å². The summed E-state index contributed by atoms with van der Waals surface area (Å²) < 4.78 is 0. The van der Waals surface area contributed by atoms with E-state index in [1.807, 2.05) is 7.05 Å². The molecule has 1 aromatic heterocycles. The van der Waals surface area contributed by atoms with Gasteiger partial charge in [0.15, 0.2) is 5.96 Å². The predicted octanol–water partition coefficient (Wildman–Crippen LogP) is 4.14. The Labute approximate surface area is 176 Å². The summed E-state index contributed by atoms with van der Waals surface area (Å²) in [6.45, 7) is 6.09. The van der Waals surface area contributed by atoms with Crippen molar-refractivity contribution in [1.29, 1.82) is 0 Å². The zero-order valence-corrected chi connectivity index (χ0v) is 18.7. The third kappa shape index (κ3) is 3.91. The molecule has 0 saturated heterocycles. The van der Waals surface area contributed by atoms with Gasteiger partial charge in [-0.3, -0.25) is 4.99 Å². The lowest BCUT2D eigenvalue weighted by molar-refractivity contribution is 0.653. The first kappa shape index (κ1) is 19.6. The van der Waals surface area contributed by atoms with Gasteiger partial charge in [-0.15, -0.1) is 35.3 Å². The Kier molecular flexibility index (Phi) is 6.22. The maximum absolute atomic E-state index is 4.67. The van der Waals surface area contributed by atoms with E-state index in [2.05, 4.69) is 64.1 Å². The molecule has 2 aliphatic rings. The van der Waals surface area contributed by atoms with Crippen molar-refractivity contribution in [2.75, 3.05) is 13.6 Å². The minimum atomic E-state index is 0. The van der Waals surface area contributed by atoms with Crippen molar-refractivity contribution in [3.05, 3.63) is 51.5 Å². The Morgan fingerprint density at radius 3 is 2.85 bits per heavy atom. The molecule has 0 amide bonds. The van der Waals surface area contributed by atoms with Crippen LogP contribution in [0.5, 0.6) is 0 Å². The van der Waals surface area contributed by atoms with E-state index in [9.17, 15) is 0 Å². The van der Waals surface area contributed by atoms with Gasteiger partial charge in [0.1, 0.15) is 5.01 Å². The molecule has 4 nitrogen and oxygen atoms in total. The number of guanidine groups is 1. The maximum Gasteiger partial charge on any atom is 0.191 e. The molecule has 140 valence electrons. The standard InChI is InChI=1S/C20H26N4S.HI/c1-12(2)17-11-25-18(24-17)10-23-20(21-3)22-9-16-15-8-13-6-4-5-7-14(13)19(15)16;/h4-7,11-12,15-16,19H,8-10H2,1-3H3,(H2,21,22,23);1H. The third-order valence-electron chi connectivity index (χ3n) is 5.50. The van der Waals surface area contributed by atoms with Crippen molar-refractivity contribution in [3.8, 4) is 0 Å². The van der Waals surface area contributed by atoms with Gasteiger partial charge < -0.3 is 10.6 Å². The number of benzene rings is 1. The van der Waals surface area contributed by atoms with Crippen LogP contribution in [0, 0.1) is 11.8 Å². The maximum atomic E-state index is 4.67. The van der Waals surface area contributed by atoms with Gasteiger partial charge in [-0.05, 0) is 41.2 Å². The molecule has 1 saturated carbocycles. The molecular formula is C20H27IN4S. The quantitative estimate of drug-likeness (QED) is 0.383. The minimum absolute atomic E-state index is 0. The number of rotatable bonds is 5. The van der Waals surface area contributed by atoms with E-state index in [1.165, 1.54) is 12.1 Å². The van der Waals surface area contributed by atoms with Crippen LogP contribution in [0.1, 0.15) is 47.5 Å². The van der Waals surface area contributed by atoms with Crippen molar-refractivity contribution >= 4 is 41.3 Å². The average Bonchev–Trinajstić information content (AvgIpc) is 2.99. The Morgan fingerprint density at radius 2 is 2.12 bits per heavy atom. The van der Waals surface area contributed by atoms with Crippen LogP contribution >= 0.6 is 35.3 Å². The fraction of sp³-hybridized carbons (Fsp3) is 0.500. The number of halogens is 1. The lowest BCUT2D eigenvalue weighted by Gasteiger charge is -2.12. The highest BCUT2D eigenvalue weighted by Gasteiger charge is 2.54. The largest absolute Gasteiger partial charge is 0.356 e. The summed E-state index contributed by atoms with van der Waals surface area (Å²) in [7, 11) is 1.83. The first-order valence-corrected chi connectivity index (χ1v) is 10.0. The Hall–Kier alpha value is -1.15. The zero-order chi connectivity index (χ0) is 17.4. The molecule has 2 aromatic rings. The summed E-state index contributed by atoms with van der Waals surface area (Å²) in [5.74, 6) is 3.70. The highest BCUT2D eigenvalue weighted by molar-refractivity contribution is 14.0. The van der Waals surface area contributed by atoms with Crippen LogP contribution in [0.4, 0.5) is 0 Å². The highest BCUT2D eigenvalue weighted by atomic mass is 127. The molecule has 4 rings (SSSR count). The first-order valence-electron chi connectivity index (χ1n) is 9.14. The molecule has 1 aromatic carbocycles. The van der Waals surface area contributed by atoms with E-state index >= 15 is 0 Å². The summed E-state index contributed by atoms with van der Waals surface area (Å²) in [4.78, 5) is 9.02. The molecule has 0 bridgehead atoms. The van der Waals surface area contributed by atoms with Gasteiger partial charge in [0, 0.05) is 19.0 Å². The molecule has 6 heteroatoms. The lowest BCUT2D eigenvalue weighted by atomic mass is 10.0. The summed E-state index contributed by atoms with van der Waals surface area (Å²) in [5.41, 5.74) is 4.31. The van der Waals surface area contributed by atoms with E-state index in [-0.39, 0.29) is 24.0 Å². The fourth-order valence-electron chi connectivity index (χ4n) is 4.03. The molecule has 0 radical (unpaired) electrons. The smallest absolute Gasteiger partial charge is 0.191 e. The van der Waals surface area contributed by atoms with E-state index in [1.54, 1.807) is 22.5 Å². The second kappa shape index (κ2) is 8.25. The molecule has 0 aliphatic heterocycles. The Balaban J connectivity index is 0.00000196. The number of hydrogen-bond donors (Lipinski definition) is 2. The topological polar surface area (TPSA) is 49.3 Å². The van der Waals surface area contributed by atoms with Crippen LogP contribution in [0.3, 0.4) is 0 Å². The molecule has 1 heterocycles.